The molecule has 0 saturated carbocycles. The van der Waals surface area contributed by atoms with Crippen molar-refractivity contribution in [1.82, 2.24) is 9.97 Å². The summed E-state index contributed by atoms with van der Waals surface area (Å²) < 4.78 is 26.6. The van der Waals surface area contributed by atoms with Crippen LogP contribution in [0, 0.1) is 11.6 Å². The van der Waals surface area contributed by atoms with Crippen molar-refractivity contribution < 1.29 is 18.4 Å². The Balaban J connectivity index is 1.70. The summed E-state index contributed by atoms with van der Waals surface area (Å²) in [7, 11) is 0. The fourth-order valence-electron chi connectivity index (χ4n) is 2.25. The minimum absolute atomic E-state index is 0.0314. The molecule has 3 rings (SSSR count). The molecule has 0 atom stereocenters. The van der Waals surface area contributed by atoms with Gasteiger partial charge in [0, 0.05) is 17.3 Å². The van der Waals surface area contributed by atoms with Crippen LogP contribution in [0.1, 0.15) is 27.8 Å². The maximum absolute atomic E-state index is 13.6. The summed E-state index contributed by atoms with van der Waals surface area (Å²) in [6, 6.07) is 9.58. The van der Waals surface area contributed by atoms with E-state index >= 15 is 0 Å². The smallest absolute Gasteiger partial charge is 0.275 e. The maximum atomic E-state index is 13.6. The molecule has 6 nitrogen and oxygen atoms in total. The van der Waals surface area contributed by atoms with E-state index in [1.807, 2.05) is 0 Å². The Hall–Kier alpha value is -3.68. The Kier molecular flexibility index (Phi) is 5.16. The monoisotopic (exact) mass is 368 g/mol. The van der Waals surface area contributed by atoms with Gasteiger partial charge in [0.1, 0.15) is 23.1 Å². The lowest BCUT2D eigenvalue weighted by Crippen LogP contribution is -2.14. The summed E-state index contributed by atoms with van der Waals surface area (Å²) in [5.74, 6) is -1.90. The van der Waals surface area contributed by atoms with Crippen molar-refractivity contribution in [2.24, 2.45) is 0 Å². The molecule has 0 radical (unpaired) electrons. The van der Waals surface area contributed by atoms with E-state index in [-0.39, 0.29) is 23.0 Å². The lowest BCUT2D eigenvalue weighted by molar-refractivity contribution is 0.100. The van der Waals surface area contributed by atoms with E-state index < -0.39 is 17.5 Å². The molecule has 8 heteroatoms. The molecule has 0 bridgehead atoms. The summed E-state index contributed by atoms with van der Waals surface area (Å²) >= 11 is 0. The zero-order chi connectivity index (χ0) is 19.4. The van der Waals surface area contributed by atoms with Crippen LogP contribution in [0.15, 0.2) is 54.9 Å². The van der Waals surface area contributed by atoms with Crippen molar-refractivity contribution >= 4 is 28.9 Å². The lowest BCUT2D eigenvalue weighted by Gasteiger charge is -2.08. The Morgan fingerprint density at radius 2 is 1.81 bits per heavy atom. The van der Waals surface area contributed by atoms with Crippen LogP contribution in [-0.2, 0) is 0 Å². The van der Waals surface area contributed by atoms with Crippen molar-refractivity contribution in [1.29, 1.82) is 0 Å². The van der Waals surface area contributed by atoms with Gasteiger partial charge in [-0.3, -0.25) is 9.59 Å². The highest BCUT2D eigenvalue weighted by molar-refractivity contribution is 6.03. The van der Waals surface area contributed by atoms with Crippen molar-refractivity contribution in [3.05, 3.63) is 77.8 Å². The van der Waals surface area contributed by atoms with Gasteiger partial charge in [-0.05, 0) is 31.2 Å². The normalized spacial score (nSPS) is 10.3. The van der Waals surface area contributed by atoms with Crippen LogP contribution in [0.5, 0.6) is 0 Å². The summed E-state index contributed by atoms with van der Waals surface area (Å²) in [6.45, 7) is 1.43. The quantitative estimate of drug-likeness (QED) is 0.666. The van der Waals surface area contributed by atoms with Gasteiger partial charge in [0.15, 0.2) is 5.78 Å². The van der Waals surface area contributed by atoms with E-state index in [0.29, 0.717) is 11.3 Å². The number of nitrogens with one attached hydrogen (secondary N) is 2. The Labute approximate surface area is 153 Å². The SMILES string of the molecule is CC(=O)c1cccc(NC(=O)c2cnc(Nc3ccc(F)cc3F)cn2)c1. The molecule has 1 amide bonds. The molecule has 2 N–H and O–H groups in total. The molecule has 1 aromatic heterocycles. The molecular weight excluding hydrogens is 354 g/mol. The summed E-state index contributed by atoms with van der Waals surface area (Å²) in [4.78, 5) is 31.6. The number of hydrogen-bond acceptors (Lipinski definition) is 5. The average molecular weight is 368 g/mol. The van der Waals surface area contributed by atoms with Crippen LogP contribution in [0.4, 0.5) is 26.0 Å². The van der Waals surface area contributed by atoms with E-state index in [4.69, 9.17) is 0 Å². The van der Waals surface area contributed by atoms with Gasteiger partial charge in [-0.1, -0.05) is 12.1 Å². The van der Waals surface area contributed by atoms with E-state index in [1.54, 1.807) is 24.3 Å². The fourth-order valence-corrected chi connectivity index (χ4v) is 2.25. The first-order chi connectivity index (χ1) is 12.9. The first-order valence-electron chi connectivity index (χ1n) is 7.89. The third-order valence-electron chi connectivity index (χ3n) is 3.61. The summed E-state index contributed by atoms with van der Waals surface area (Å²) in [5, 5.41) is 5.27. The molecule has 136 valence electrons. The van der Waals surface area contributed by atoms with Gasteiger partial charge in [-0.25, -0.2) is 18.7 Å². The highest BCUT2D eigenvalue weighted by Crippen LogP contribution is 2.19. The van der Waals surface area contributed by atoms with Crippen molar-refractivity contribution in [2.45, 2.75) is 6.92 Å². The van der Waals surface area contributed by atoms with E-state index in [9.17, 15) is 18.4 Å². The van der Waals surface area contributed by atoms with Crippen molar-refractivity contribution in [3.63, 3.8) is 0 Å². The molecule has 1 heterocycles. The van der Waals surface area contributed by atoms with E-state index in [0.717, 1.165) is 12.1 Å². The number of anilines is 3. The van der Waals surface area contributed by atoms with Gasteiger partial charge in [0.2, 0.25) is 0 Å². The highest BCUT2D eigenvalue weighted by atomic mass is 19.1. The van der Waals surface area contributed by atoms with Gasteiger partial charge in [0.05, 0.1) is 18.1 Å². The zero-order valence-corrected chi connectivity index (χ0v) is 14.2. The number of benzene rings is 2. The molecule has 0 aliphatic rings. The van der Waals surface area contributed by atoms with Crippen LogP contribution >= 0.6 is 0 Å². The van der Waals surface area contributed by atoms with Gasteiger partial charge >= 0.3 is 0 Å². The highest BCUT2D eigenvalue weighted by Gasteiger charge is 2.11. The number of carbonyl (C=O) groups is 2. The molecule has 0 aliphatic heterocycles. The van der Waals surface area contributed by atoms with Crippen LogP contribution in [0.2, 0.25) is 0 Å². The second-order valence-corrected chi connectivity index (χ2v) is 5.63. The summed E-state index contributed by atoms with van der Waals surface area (Å²) in [5.41, 5.74) is 0.988. The molecule has 3 aromatic rings. The molecular formula is C19H14F2N4O2. The predicted molar refractivity (Wildman–Crippen MR) is 96.1 cm³/mol. The first kappa shape index (κ1) is 18.1. The number of halogens is 2. The molecule has 0 aliphatic carbocycles. The number of Topliss-reactive ketones (excluding diaryl/α,β-unsaturated/α-hetero) is 1. The number of ketones is 1. The van der Waals surface area contributed by atoms with Crippen molar-refractivity contribution in [3.8, 4) is 0 Å². The number of aromatic nitrogens is 2. The fraction of sp³-hybridized carbons (Fsp3) is 0.0526. The summed E-state index contributed by atoms with van der Waals surface area (Å²) in [6.07, 6.45) is 2.47. The van der Waals surface area contributed by atoms with Crippen LogP contribution in [0.3, 0.4) is 0 Å². The number of rotatable bonds is 5. The Morgan fingerprint density at radius 1 is 1.00 bits per heavy atom. The molecule has 0 saturated heterocycles. The Morgan fingerprint density at radius 3 is 2.48 bits per heavy atom. The number of hydrogen-bond donors (Lipinski definition) is 2. The topological polar surface area (TPSA) is 84.0 Å². The standard InChI is InChI=1S/C19H14F2N4O2/c1-11(26)12-3-2-4-14(7-12)24-19(27)17-9-23-18(10-22-17)25-16-6-5-13(20)8-15(16)21/h2-10H,1H3,(H,23,25)(H,24,27). The molecule has 0 spiro atoms. The molecule has 2 aromatic carbocycles. The van der Waals surface area contributed by atoms with Crippen molar-refractivity contribution in [2.75, 3.05) is 10.6 Å². The second-order valence-electron chi connectivity index (χ2n) is 5.63. The predicted octanol–water partition coefficient (Wildman–Crippen LogP) is 3.95. The second kappa shape index (κ2) is 7.69. The zero-order valence-electron chi connectivity index (χ0n) is 14.2. The van der Waals surface area contributed by atoms with E-state index in [2.05, 4.69) is 20.6 Å². The van der Waals surface area contributed by atoms with Gasteiger partial charge in [-0.15, -0.1) is 0 Å². The first-order valence-corrected chi connectivity index (χ1v) is 7.89. The van der Waals surface area contributed by atoms with Crippen LogP contribution in [-0.4, -0.2) is 21.7 Å². The average Bonchev–Trinajstić information content (AvgIpc) is 2.65. The lowest BCUT2D eigenvalue weighted by atomic mass is 10.1. The molecule has 0 unspecified atom stereocenters. The minimum Gasteiger partial charge on any atom is -0.337 e. The Bertz CT molecular complexity index is 1010. The molecule has 0 fully saturated rings. The number of nitrogens with zero attached hydrogens (tertiary/aromatic N) is 2. The maximum Gasteiger partial charge on any atom is 0.275 e. The van der Waals surface area contributed by atoms with Gasteiger partial charge in [-0.2, -0.15) is 0 Å². The number of amides is 1. The number of carbonyl (C=O) groups excluding carboxylic acids is 2. The van der Waals surface area contributed by atoms with Gasteiger partial charge in [0.25, 0.3) is 5.91 Å². The van der Waals surface area contributed by atoms with E-state index in [1.165, 1.54) is 25.4 Å². The third kappa shape index (κ3) is 4.49. The largest absolute Gasteiger partial charge is 0.337 e. The molecule has 27 heavy (non-hydrogen) atoms. The van der Waals surface area contributed by atoms with Gasteiger partial charge < -0.3 is 10.6 Å². The minimum atomic E-state index is -0.774. The van der Waals surface area contributed by atoms with Crippen LogP contribution in [0.25, 0.3) is 0 Å². The van der Waals surface area contributed by atoms with Crippen LogP contribution < -0.4 is 10.6 Å². The third-order valence-corrected chi connectivity index (χ3v) is 3.61.